The van der Waals surface area contributed by atoms with Crippen LogP contribution in [0.1, 0.15) is 30.9 Å². The van der Waals surface area contributed by atoms with Crippen LogP contribution in [0.3, 0.4) is 0 Å². The number of benzene rings is 1. The molecule has 3 N–H and O–H groups in total. The third-order valence-electron chi connectivity index (χ3n) is 3.48. The highest BCUT2D eigenvalue weighted by Gasteiger charge is 2.34. The van der Waals surface area contributed by atoms with Crippen LogP contribution in [0.5, 0.6) is 0 Å². The number of hydrogen-bond donors (Lipinski definition) is 2. The summed E-state index contributed by atoms with van der Waals surface area (Å²) in [5.74, 6) is -1.11. The van der Waals surface area contributed by atoms with Crippen LogP contribution in [0, 0.1) is 0 Å². The van der Waals surface area contributed by atoms with Crippen LogP contribution in [0.4, 0.5) is 0 Å². The second kappa shape index (κ2) is 5.84. The summed E-state index contributed by atoms with van der Waals surface area (Å²) in [6.07, 6.45) is 1.42. The number of rotatable bonds is 4. The van der Waals surface area contributed by atoms with Crippen LogP contribution in [0.2, 0.25) is 0 Å². The van der Waals surface area contributed by atoms with E-state index in [9.17, 15) is 9.59 Å². The smallest absolute Gasteiger partial charge is 0.326 e. The third-order valence-corrected chi connectivity index (χ3v) is 3.48. The highest BCUT2D eigenvalue weighted by atomic mass is 16.4. The number of carboxylic acid groups (broad SMARTS) is 1. The molecule has 5 heteroatoms. The standard InChI is InChI=1S/C14H18N2O3/c15-11(10-5-2-1-3-6-10)9-13(17)16-8-4-7-12(16)14(18)19/h1-3,5-6,11-12H,4,7-9,15H2,(H,18,19). The Hall–Kier alpha value is -1.88. The van der Waals surface area contributed by atoms with Crippen molar-refractivity contribution in [2.75, 3.05) is 6.54 Å². The number of likely N-dealkylation sites (tertiary alicyclic amines) is 1. The number of carbonyl (C=O) groups is 2. The molecule has 1 aliphatic rings. The van der Waals surface area contributed by atoms with Crippen molar-refractivity contribution in [2.24, 2.45) is 5.73 Å². The Kier molecular flexibility index (Phi) is 4.16. The van der Waals surface area contributed by atoms with Crippen molar-refractivity contribution >= 4 is 11.9 Å². The van der Waals surface area contributed by atoms with Crippen LogP contribution in [0.15, 0.2) is 30.3 Å². The molecule has 2 unspecified atom stereocenters. The molecule has 19 heavy (non-hydrogen) atoms. The SMILES string of the molecule is NC(CC(=O)N1CCCC1C(=O)O)c1ccccc1. The molecule has 0 spiro atoms. The van der Waals surface area contributed by atoms with Gasteiger partial charge >= 0.3 is 5.97 Å². The van der Waals surface area contributed by atoms with Crippen LogP contribution < -0.4 is 5.73 Å². The molecule has 1 aromatic rings. The fraction of sp³-hybridized carbons (Fsp3) is 0.429. The van der Waals surface area contributed by atoms with Gasteiger partial charge in [-0.05, 0) is 18.4 Å². The Labute approximate surface area is 112 Å². The summed E-state index contributed by atoms with van der Waals surface area (Å²) in [4.78, 5) is 24.6. The number of carboxylic acids is 1. The van der Waals surface area contributed by atoms with Crippen molar-refractivity contribution in [1.82, 2.24) is 4.90 Å². The maximum absolute atomic E-state index is 12.1. The van der Waals surface area contributed by atoms with E-state index in [1.807, 2.05) is 30.3 Å². The van der Waals surface area contributed by atoms with Crippen LogP contribution in [-0.4, -0.2) is 34.5 Å². The number of amides is 1. The number of nitrogens with two attached hydrogens (primary N) is 1. The van der Waals surface area contributed by atoms with Gasteiger partial charge < -0.3 is 15.7 Å². The largest absolute Gasteiger partial charge is 0.480 e. The molecule has 0 bridgehead atoms. The molecule has 1 heterocycles. The highest BCUT2D eigenvalue weighted by Crippen LogP contribution is 2.21. The van der Waals surface area contributed by atoms with Crippen molar-refractivity contribution in [3.8, 4) is 0 Å². The molecule has 0 saturated carbocycles. The first-order chi connectivity index (χ1) is 9.09. The fourth-order valence-electron chi connectivity index (χ4n) is 2.45. The van der Waals surface area contributed by atoms with Gasteiger partial charge in [-0.3, -0.25) is 4.79 Å². The van der Waals surface area contributed by atoms with Gasteiger partial charge in [0.05, 0.1) is 0 Å². The van der Waals surface area contributed by atoms with E-state index in [-0.39, 0.29) is 18.4 Å². The molecule has 2 atom stereocenters. The lowest BCUT2D eigenvalue weighted by atomic mass is 10.0. The van der Waals surface area contributed by atoms with E-state index in [0.717, 1.165) is 12.0 Å². The molecule has 1 amide bonds. The van der Waals surface area contributed by atoms with Gasteiger partial charge in [-0.25, -0.2) is 4.79 Å². The summed E-state index contributed by atoms with van der Waals surface area (Å²) in [5, 5.41) is 9.06. The van der Waals surface area contributed by atoms with E-state index in [1.165, 1.54) is 4.90 Å². The first-order valence-corrected chi connectivity index (χ1v) is 6.42. The zero-order valence-electron chi connectivity index (χ0n) is 10.7. The first kappa shape index (κ1) is 13.5. The molecule has 1 saturated heterocycles. The van der Waals surface area contributed by atoms with Gasteiger partial charge in [0.1, 0.15) is 6.04 Å². The average molecular weight is 262 g/mol. The lowest BCUT2D eigenvalue weighted by molar-refractivity contribution is -0.148. The van der Waals surface area contributed by atoms with E-state index in [2.05, 4.69) is 0 Å². The minimum Gasteiger partial charge on any atom is -0.480 e. The number of carbonyl (C=O) groups excluding carboxylic acids is 1. The van der Waals surface area contributed by atoms with Gasteiger partial charge in [0, 0.05) is 19.0 Å². The molecule has 1 aliphatic heterocycles. The van der Waals surface area contributed by atoms with E-state index >= 15 is 0 Å². The second-order valence-electron chi connectivity index (χ2n) is 4.80. The molecule has 0 radical (unpaired) electrons. The van der Waals surface area contributed by atoms with Crippen molar-refractivity contribution in [2.45, 2.75) is 31.3 Å². The second-order valence-corrected chi connectivity index (χ2v) is 4.80. The van der Waals surface area contributed by atoms with Crippen LogP contribution >= 0.6 is 0 Å². The summed E-state index contributed by atoms with van der Waals surface area (Å²) in [7, 11) is 0. The lowest BCUT2D eigenvalue weighted by Crippen LogP contribution is -2.41. The molecule has 0 aromatic heterocycles. The third kappa shape index (κ3) is 3.12. The molecular weight excluding hydrogens is 244 g/mol. The summed E-state index contributed by atoms with van der Waals surface area (Å²) < 4.78 is 0. The monoisotopic (exact) mass is 262 g/mol. The van der Waals surface area contributed by atoms with Gasteiger partial charge in [0.2, 0.25) is 5.91 Å². The Balaban J connectivity index is 1.99. The Morgan fingerprint density at radius 3 is 2.68 bits per heavy atom. The molecule has 102 valence electrons. The highest BCUT2D eigenvalue weighted by molar-refractivity contribution is 5.84. The summed E-state index contributed by atoms with van der Waals surface area (Å²) >= 11 is 0. The number of nitrogens with zero attached hydrogens (tertiary/aromatic N) is 1. The Bertz CT molecular complexity index is 461. The lowest BCUT2D eigenvalue weighted by Gasteiger charge is -2.23. The summed E-state index contributed by atoms with van der Waals surface area (Å²) in [6, 6.07) is 8.30. The molecule has 0 aliphatic carbocycles. The minimum atomic E-state index is -0.931. The fourth-order valence-corrected chi connectivity index (χ4v) is 2.45. The molecule has 5 nitrogen and oxygen atoms in total. The van der Waals surface area contributed by atoms with Crippen LogP contribution in [0.25, 0.3) is 0 Å². The normalized spacial score (nSPS) is 20.3. The maximum atomic E-state index is 12.1. The number of hydrogen-bond acceptors (Lipinski definition) is 3. The van der Waals surface area contributed by atoms with Gasteiger partial charge in [-0.15, -0.1) is 0 Å². The topological polar surface area (TPSA) is 83.6 Å². The van der Waals surface area contributed by atoms with E-state index < -0.39 is 12.0 Å². The van der Waals surface area contributed by atoms with Crippen LogP contribution in [-0.2, 0) is 9.59 Å². The van der Waals surface area contributed by atoms with Crippen molar-refractivity contribution in [3.63, 3.8) is 0 Å². The predicted molar refractivity (Wildman–Crippen MR) is 70.4 cm³/mol. The van der Waals surface area contributed by atoms with Crippen molar-refractivity contribution in [3.05, 3.63) is 35.9 Å². The minimum absolute atomic E-state index is 0.147. The maximum Gasteiger partial charge on any atom is 0.326 e. The average Bonchev–Trinajstić information content (AvgIpc) is 2.89. The molecule has 1 fully saturated rings. The number of aliphatic carboxylic acids is 1. The zero-order chi connectivity index (χ0) is 13.8. The molecule has 2 rings (SSSR count). The zero-order valence-corrected chi connectivity index (χ0v) is 10.7. The summed E-state index contributed by atoms with van der Waals surface area (Å²) in [6.45, 7) is 0.511. The van der Waals surface area contributed by atoms with Crippen molar-refractivity contribution < 1.29 is 14.7 Å². The first-order valence-electron chi connectivity index (χ1n) is 6.42. The van der Waals surface area contributed by atoms with E-state index in [0.29, 0.717) is 13.0 Å². The van der Waals surface area contributed by atoms with Crippen molar-refractivity contribution in [1.29, 1.82) is 0 Å². The van der Waals surface area contributed by atoms with E-state index in [1.54, 1.807) is 0 Å². The van der Waals surface area contributed by atoms with Gasteiger partial charge in [-0.1, -0.05) is 30.3 Å². The van der Waals surface area contributed by atoms with E-state index in [4.69, 9.17) is 10.8 Å². The quantitative estimate of drug-likeness (QED) is 0.852. The predicted octanol–water partition coefficient (Wildman–Crippen LogP) is 1.15. The van der Waals surface area contributed by atoms with Gasteiger partial charge in [0.25, 0.3) is 0 Å². The Morgan fingerprint density at radius 2 is 2.05 bits per heavy atom. The Morgan fingerprint density at radius 1 is 1.37 bits per heavy atom. The molecule has 1 aromatic carbocycles. The molecular formula is C14H18N2O3. The van der Waals surface area contributed by atoms with Gasteiger partial charge in [0.15, 0.2) is 0 Å². The summed E-state index contributed by atoms with van der Waals surface area (Å²) in [5.41, 5.74) is 6.88. The van der Waals surface area contributed by atoms with Gasteiger partial charge in [-0.2, -0.15) is 0 Å².